The van der Waals surface area contributed by atoms with Crippen molar-refractivity contribution in [3.05, 3.63) is 41.5 Å². The van der Waals surface area contributed by atoms with Gasteiger partial charge in [0.05, 0.1) is 11.1 Å². The van der Waals surface area contributed by atoms with Crippen molar-refractivity contribution in [2.75, 3.05) is 12.3 Å². The second-order valence-electron chi connectivity index (χ2n) is 9.49. The van der Waals surface area contributed by atoms with Crippen LogP contribution >= 0.6 is 0 Å². The van der Waals surface area contributed by atoms with Gasteiger partial charge in [-0.1, -0.05) is 12.0 Å². The average Bonchev–Trinajstić information content (AvgIpc) is 3.40. The lowest BCUT2D eigenvalue weighted by Crippen LogP contribution is -2.38. The number of pyridine rings is 1. The molecular weight excluding hydrogens is 424 g/mol. The molecule has 1 fully saturated rings. The average molecular weight is 455 g/mol. The number of terminal acetylenes is 1. The second-order valence-corrected chi connectivity index (χ2v) is 9.49. The minimum atomic E-state index is 0.0367. The van der Waals surface area contributed by atoms with Gasteiger partial charge in [0.25, 0.3) is 0 Å². The van der Waals surface area contributed by atoms with Gasteiger partial charge in [-0.25, -0.2) is 15.0 Å². The Labute approximate surface area is 200 Å². The van der Waals surface area contributed by atoms with Gasteiger partial charge in [0.1, 0.15) is 23.5 Å². The fraction of sp³-hybridized carbons (Fsp3) is 0.407. The van der Waals surface area contributed by atoms with E-state index in [2.05, 4.69) is 43.3 Å². The lowest BCUT2D eigenvalue weighted by atomic mass is 9.84. The van der Waals surface area contributed by atoms with Gasteiger partial charge in [0, 0.05) is 42.9 Å². The molecule has 5 rings (SSSR count). The fourth-order valence-electron chi connectivity index (χ4n) is 5.57. The molecule has 0 aromatic carbocycles. The third-order valence-electron chi connectivity index (χ3n) is 7.43. The standard InChI is InChI=1S/C27H30N6O/c1-5-20-13-16(2)21(14-29-20)24-22(23-25(28)30-15-31-26(23)32(24)4)18-8-10-19(11-9-18)27(34)33-12-6-7-17(33)3/h1,8,13-15,17,19H,6-7,9-12H2,2-4H3,(H2,28,30,31)/t17-,19-/m1/s1. The Bertz CT molecular complexity index is 1360. The predicted octanol–water partition coefficient (Wildman–Crippen LogP) is 4.10. The summed E-state index contributed by atoms with van der Waals surface area (Å²) in [6.45, 7) is 5.08. The molecule has 0 saturated carbocycles. The Morgan fingerprint density at radius 2 is 2.09 bits per heavy atom. The number of hydrogen-bond donors (Lipinski definition) is 1. The first-order valence-electron chi connectivity index (χ1n) is 11.9. The number of aryl methyl sites for hydroxylation is 2. The maximum atomic E-state index is 13.1. The third-order valence-corrected chi connectivity index (χ3v) is 7.43. The van der Waals surface area contributed by atoms with Crippen LogP contribution in [0.1, 0.15) is 55.8 Å². The molecule has 7 nitrogen and oxygen atoms in total. The van der Waals surface area contributed by atoms with E-state index in [1.165, 1.54) is 11.9 Å². The Morgan fingerprint density at radius 3 is 2.74 bits per heavy atom. The molecule has 2 aliphatic rings. The van der Waals surface area contributed by atoms with Crippen molar-refractivity contribution in [3.8, 4) is 23.6 Å². The number of anilines is 1. The molecule has 3 aromatic heterocycles. The molecular formula is C27H30N6O. The van der Waals surface area contributed by atoms with Crippen molar-refractivity contribution in [2.45, 2.75) is 52.0 Å². The van der Waals surface area contributed by atoms with E-state index in [0.717, 1.165) is 72.1 Å². The second kappa shape index (κ2) is 8.60. The number of amides is 1. The number of likely N-dealkylation sites (tertiary alicyclic amines) is 1. The summed E-state index contributed by atoms with van der Waals surface area (Å²) >= 11 is 0. The number of carbonyl (C=O) groups excluding carboxylic acids is 1. The molecule has 7 heteroatoms. The van der Waals surface area contributed by atoms with Gasteiger partial charge < -0.3 is 15.2 Å². The molecule has 0 spiro atoms. The number of nitrogen functional groups attached to an aromatic ring is 1. The number of aromatic nitrogens is 4. The van der Waals surface area contributed by atoms with Gasteiger partial charge in [-0.3, -0.25) is 4.79 Å². The molecule has 2 N–H and O–H groups in total. The van der Waals surface area contributed by atoms with E-state index >= 15 is 0 Å². The fourth-order valence-corrected chi connectivity index (χ4v) is 5.57. The summed E-state index contributed by atoms with van der Waals surface area (Å²) in [6.07, 6.45) is 15.7. The SMILES string of the molecule is C#Cc1cc(C)c(-c2c(C3=CC[C@@H](C(=O)N4CCC[C@H]4C)CC3)c3c(N)ncnc3n2C)cn1. The molecule has 0 radical (unpaired) electrons. The predicted molar refractivity (Wildman–Crippen MR) is 135 cm³/mol. The number of nitrogens with zero attached hydrogens (tertiary/aromatic N) is 5. The molecule has 3 aromatic rings. The van der Waals surface area contributed by atoms with Crippen LogP contribution in [-0.2, 0) is 11.8 Å². The highest BCUT2D eigenvalue weighted by Crippen LogP contribution is 2.43. The Kier molecular flexibility index (Phi) is 5.60. The van der Waals surface area contributed by atoms with Crippen LogP contribution in [0.4, 0.5) is 5.82 Å². The maximum Gasteiger partial charge on any atom is 0.226 e. The Hall–Kier alpha value is -3.66. The summed E-state index contributed by atoms with van der Waals surface area (Å²) in [6, 6.07) is 2.27. The molecule has 2 atom stereocenters. The largest absolute Gasteiger partial charge is 0.383 e. The van der Waals surface area contributed by atoms with E-state index in [9.17, 15) is 4.79 Å². The number of hydrogen-bond acceptors (Lipinski definition) is 5. The van der Waals surface area contributed by atoms with Crippen molar-refractivity contribution in [1.29, 1.82) is 0 Å². The summed E-state index contributed by atoms with van der Waals surface area (Å²) in [7, 11) is 1.99. The van der Waals surface area contributed by atoms with Crippen LogP contribution in [0.2, 0.25) is 0 Å². The van der Waals surface area contributed by atoms with Gasteiger partial charge in [-0.2, -0.15) is 0 Å². The zero-order chi connectivity index (χ0) is 24.0. The van der Waals surface area contributed by atoms with Crippen LogP contribution in [0.15, 0.2) is 24.7 Å². The van der Waals surface area contributed by atoms with Crippen molar-refractivity contribution in [1.82, 2.24) is 24.4 Å². The molecule has 1 saturated heterocycles. The number of fused-ring (bicyclic) bond motifs is 1. The summed E-state index contributed by atoms with van der Waals surface area (Å²) < 4.78 is 2.06. The van der Waals surface area contributed by atoms with E-state index in [0.29, 0.717) is 23.5 Å². The molecule has 1 aliphatic carbocycles. The summed E-state index contributed by atoms with van der Waals surface area (Å²) in [5, 5.41) is 0.851. The molecule has 34 heavy (non-hydrogen) atoms. The van der Waals surface area contributed by atoms with E-state index in [-0.39, 0.29) is 5.92 Å². The van der Waals surface area contributed by atoms with Crippen molar-refractivity contribution in [2.24, 2.45) is 13.0 Å². The summed E-state index contributed by atoms with van der Waals surface area (Å²) in [5.74, 6) is 3.40. The lowest BCUT2D eigenvalue weighted by molar-refractivity contribution is -0.136. The number of rotatable bonds is 3. The zero-order valence-corrected chi connectivity index (χ0v) is 20.0. The smallest absolute Gasteiger partial charge is 0.226 e. The van der Waals surface area contributed by atoms with Crippen LogP contribution < -0.4 is 5.73 Å². The topological polar surface area (TPSA) is 89.9 Å². The Balaban J connectivity index is 1.60. The molecule has 1 amide bonds. The number of nitrogens with two attached hydrogens (primary N) is 1. The first kappa shape index (κ1) is 22.1. The van der Waals surface area contributed by atoms with Crippen LogP contribution in [0.25, 0.3) is 27.9 Å². The van der Waals surface area contributed by atoms with E-state index < -0.39 is 0 Å². The minimum Gasteiger partial charge on any atom is -0.383 e. The quantitative estimate of drug-likeness (QED) is 0.602. The van der Waals surface area contributed by atoms with Crippen molar-refractivity contribution in [3.63, 3.8) is 0 Å². The van der Waals surface area contributed by atoms with E-state index in [1.807, 2.05) is 26.2 Å². The summed E-state index contributed by atoms with van der Waals surface area (Å²) in [4.78, 5) is 28.5. The zero-order valence-electron chi connectivity index (χ0n) is 20.0. The number of allylic oxidation sites excluding steroid dienone is 2. The van der Waals surface area contributed by atoms with Crippen molar-refractivity contribution >= 4 is 28.3 Å². The molecule has 0 bridgehead atoms. The highest BCUT2D eigenvalue weighted by atomic mass is 16.2. The highest BCUT2D eigenvalue weighted by Gasteiger charge is 2.33. The first-order valence-corrected chi connectivity index (χ1v) is 11.9. The van der Waals surface area contributed by atoms with Gasteiger partial charge in [0.2, 0.25) is 5.91 Å². The highest BCUT2D eigenvalue weighted by molar-refractivity contribution is 6.04. The molecule has 4 heterocycles. The van der Waals surface area contributed by atoms with Gasteiger partial charge >= 0.3 is 0 Å². The molecule has 0 unspecified atom stereocenters. The maximum absolute atomic E-state index is 13.1. The monoisotopic (exact) mass is 454 g/mol. The van der Waals surface area contributed by atoms with E-state index in [4.69, 9.17) is 12.2 Å². The van der Waals surface area contributed by atoms with Crippen LogP contribution in [0, 0.1) is 25.2 Å². The van der Waals surface area contributed by atoms with Crippen molar-refractivity contribution < 1.29 is 4.79 Å². The van der Waals surface area contributed by atoms with Gasteiger partial charge in [-0.05, 0) is 63.2 Å². The first-order chi connectivity index (χ1) is 16.4. The minimum absolute atomic E-state index is 0.0367. The molecule has 1 aliphatic heterocycles. The number of carbonyl (C=O) groups is 1. The van der Waals surface area contributed by atoms with Crippen LogP contribution in [0.5, 0.6) is 0 Å². The summed E-state index contributed by atoms with van der Waals surface area (Å²) in [5.41, 5.74) is 13.0. The normalized spacial score (nSPS) is 20.4. The van der Waals surface area contributed by atoms with E-state index in [1.54, 1.807) is 0 Å². The van der Waals surface area contributed by atoms with Crippen LogP contribution in [-0.4, -0.2) is 42.9 Å². The Morgan fingerprint density at radius 1 is 1.26 bits per heavy atom. The van der Waals surface area contributed by atoms with Gasteiger partial charge in [-0.15, -0.1) is 6.42 Å². The third kappa shape index (κ3) is 3.54. The lowest BCUT2D eigenvalue weighted by Gasteiger charge is -2.29. The van der Waals surface area contributed by atoms with Crippen LogP contribution in [0.3, 0.4) is 0 Å². The molecule has 174 valence electrons. The van der Waals surface area contributed by atoms with Gasteiger partial charge in [0.15, 0.2) is 0 Å².